The topological polar surface area (TPSA) is 68.3 Å². The van der Waals surface area contributed by atoms with E-state index in [0.717, 1.165) is 5.56 Å². The van der Waals surface area contributed by atoms with Crippen LogP contribution in [-0.2, 0) is 20.8 Å². The molecule has 0 saturated carbocycles. The van der Waals surface area contributed by atoms with Gasteiger partial charge in [-0.1, -0.05) is 30.3 Å². The molecule has 0 bridgehead atoms. The number of nitrogens with zero attached hydrogens (tertiary/aromatic N) is 2. The molecule has 3 rings (SSSR count). The molecule has 2 aliphatic rings. The summed E-state index contributed by atoms with van der Waals surface area (Å²) in [6.45, 7) is 7.46. The van der Waals surface area contributed by atoms with Gasteiger partial charge in [-0.15, -0.1) is 0 Å². The van der Waals surface area contributed by atoms with E-state index in [0.29, 0.717) is 32.7 Å². The molecule has 166 valence electrons. The number of halogens is 1. The fourth-order valence-electron chi connectivity index (χ4n) is 3.46. The molecule has 2 fully saturated rings. The number of carbonyl (C=O) groups is 2. The predicted octanol–water partition coefficient (Wildman–Crippen LogP) is 3.62. The Morgan fingerprint density at radius 1 is 1.07 bits per heavy atom. The first-order valence-corrected chi connectivity index (χ1v) is 10.4. The smallest absolute Gasteiger partial charge is 0.410 e. The Bertz CT molecular complexity index is 718. The lowest BCUT2D eigenvalue weighted by Crippen LogP contribution is -2.53. The molecular formula is C22H31FN2O5. The van der Waals surface area contributed by atoms with Gasteiger partial charge in [0.1, 0.15) is 18.4 Å². The zero-order valence-electron chi connectivity index (χ0n) is 17.9. The highest BCUT2D eigenvalue weighted by Gasteiger charge is 2.37. The molecule has 0 unspecified atom stereocenters. The number of likely N-dealkylation sites (tertiary alicyclic amines) is 2. The number of piperidine rings is 1. The van der Waals surface area contributed by atoms with Gasteiger partial charge in [0.05, 0.1) is 19.3 Å². The van der Waals surface area contributed by atoms with Crippen molar-refractivity contribution in [2.45, 2.75) is 51.7 Å². The predicted molar refractivity (Wildman–Crippen MR) is 109 cm³/mol. The zero-order valence-corrected chi connectivity index (χ0v) is 17.9. The summed E-state index contributed by atoms with van der Waals surface area (Å²) in [5, 5.41) is 0. The molecule has 1 aromatic rings. The number of carbonyl (C=O) groups excluding carboxylic acids is 2. The van der Waals surface area contributed by atoms with Crippen LogP contribution in [0.4, 0.5) is 14.0 Å². The summed E-state index contributed by atoms with van der Waals surface area (Å²) in [5.74, 6) is 0.172. The average molecular weight is 422 g/mol. The van der Waals surface area contributed by atoms with E-state index < -0.39 is 24.0 Å². The minimum Gasteiger partial charge on any atom is -0.445 e. The lowest BCUT2D eigenvalue weighted by molar-refractivity contribution is -0.0762. The zero-order chi connectivity index (χ0) is 21.7. The van der Waals surface area contributed by atoms with Crippen molar-refractivity contribution in [1.82, 2.24) is 9.80 Å². The summed E-state index contributed by atoms with van der Waals surface area (Å²) in [6, 6.07) is 9.52. The molecule has 2 heterocycles. The largest absolute Gasteiger partial charge is 0.445 e. The quantitative estimate of drug-likeness (QED) is 0.725. The maximum absolute atomic E-state index is 14.5. The van der Waals surface area contributed by atoms with Crippen LogP contribution in [0.3, 0.4) is 0 Å². The highest BCUT2D eigenvalue weighted by molar-refractivity contribution is 5.69. The number of amides is 2. The number of rotatable bonds is 5. The van der Waals surface area contributed by atoms with Gasteiger partial charge < -0.3 is 24.0 Å². The van der Waals surface area contributed by atoms with Crippen LogP contribution in [0.5, 0.6) is 0 Å². The minimum absolute atomic E-state index is 0.0256. The number of hydrogen-bond acceptors (Lipinski definition) is 5. The third-order valence-corrected chi connectivity index (χ3v) is 5.10. The standard InChI is InChI=1S/C22H31FN2O5/c1-22(2,3)30-21(27)24-10-9-19(18(23)13-24)28-15-17-11-25(12-17)20(26)29-14-16-7-5-4-6-8-16/h4-8,17-19H,9-15H2,1-3H3/t18-,19+/m1/s1. The van der Waals surface area contributed by atoms with Crippen LogP contribution in [0.2, 0.25) is 0 Å². The van der Waals surface area contributed by atoms with E-state index in [1.807, 2.05) is 30.3 Å². The Kier molecular flexibility index (Phi) is 7.18. The van der Waals surface area contributed by atoms with Crippen LogP contribution in [0.15, 0.2) is 30.3 Å². The van der Waals surface area contributed by atoms with Crippen molar-refractivity contribution in [2.24, 2.45) is 5.92 Å². The van der Waals surface area contributed by atoms with Crippen LogP contribution in [0.25, 0.3) is 0 Å². The highest BCUT2D eigenvalue weighted by atomic mass is 19.1. The lowest BCUT2D eigenvalue weighted by atomic mass is 10.0. The Hall–Kier alpha value is -2.35. The Labute approximate surface area is 177 Å². The van der Waals surface area contributed by atoms with E-state index in [2.05, 4.69) is 0 Å². The van der Waals surface area contributed by atoms with Gasteiger partial charge in [0.15, 0.2) is 0 Å². The van der Waals surface area contributed by atoms with Crippen LogP contribution in [-0.4, -0.2) is 72.6 Å². The highest BCUT2D eigenvalue weighted by Crippen LogP contribution is 2.23. The summed E-state index contributed by atoms with van der Waals surface area (Å²) >= 11 is 0. The SMILES string of the molecule is CC(C)(C)OC(=O)N1CC[C@H](OCC2CN(C(=O)OCc3ccccc3)C2)[C@H](F)C1. The van der Waals surface area contributed by atoms with Crippen molar-refractivity contribution in [2.75, 3.05) is 32.8 Å². The summed E-state index contributed by atoms with van der Waals surface area (Å²) in [5.41, 5.74) is 0.340. The Balaban J connectivity index is 1.32. The van der Waals surface area contributed by atoms with Gasteiger partial charge in [0.2, 0.25) is 0 Å². The molecule has 0 radical (unpaired) electrons. The molecule has 2 saturated heterocycles. The van der Waals surface area contributed by atoms with E-state index in [4.69, 9.17) is 14.2 Å². The van der Waals surface area contributed by atoms with Crippen molar-refractivity contribution in [3.63, 3.8) is 0 Å². The van der Waals surface area contributed by atoms with Crippen LogP contribution < -0.4 is 0 Å². The summed E-state index contributed by atoms with van der Waals surface area (Å²) in [7, 11) is 0. The Morgan fingerprint density at radius 2 is 1.77 bits per heavy atom. The van der Waals surface area contributed by atoms with Gasteiger partial charge in [-0.05, 0) is 32.8 Å². The monoisotopic (exact) mass is 422 g/mol. The maximum atomic E-state index is 14.5. The van der Waals surface area contributed by atoms with Gasteiger partial charge in [-0.2, -0.15) is 0 Å². The van der Waals surface area contributed by atoms with Crippen LogP contribution in [0, 0.1) is 5.92 Å². The normalized spacial score (nSPS) is 22.4. The van der Waals surface area contributed by atoms with Crippen molar-refractivity contribution < 1.29 is 28.2 Å². The molecule has 8 heteroatoms. The first kappa shape index (κ1) is 22.3. The molecule has 0 spiro atoms. The number of ether oxygens (including phenoxy) is 3. The van der Waals surface area contributed by atoms with E-state index in [-0.39, 0.29) is 25.2 Å². The third kappa shape index (κ3) is 6.32. The van der Waals surface area contributed by atoms with Gasteiger partial charge in [0.25, 0.3) is 0 Å². The van der Waals surface area contributed by atoms with Crippen molar-refractivity contribution in [3.8, 4) is 0 Å². The molecule has 2 atom stereocenters. The number of hydrogen-bond donors (Lipinski definition) is 0. The van der Waals surface area contributed by atoms with Gasteiger partial charge in [-0.3, -0.25) is 0 Å². The van der Waals surface area contributed by atoms with Crippen LogP contribution in [0.1, 0.15) is 32.8 Å². The molecule has 2 amide bonds. The van der Waals surface area contributed by atoms with Gasteiger partial charge in [-0.25, -0.2) is 14.0 Å². The molecule has 0 aliphatic carbocycles. The van der Waals surface area contributed by atoms with Crippen molar-refractivity contribution in [3.05, 3.63) is 35.9 Å². The van der Waals surface area contributed by atoms with E-state index in [9.17, 15) is 14.0 Å². The van der Waals surface area contributed by atoms with Crippen molar-refractivity contribution >= 4 is 12.2 Å². The van der Waals surface area contributed by atoms with Gasteiger partial charge >= 0.3 is 12.2 Å². The van der Waals surface area contributed by atoms with E-state index in [1.165, 1.54) is 4.90 Å². The van der Waals surface area contributed by atoms with Crippen LogP contribution >= 0.6 is 0 Å². The second-order valence-electron chi connectivity index (χ2n) is 8.91. The number of alkyl halides is 1. The second-order valence-corrected chi connectivity index (χ2v) is 8.91. The maximum Gasteiger partial charge on any atom is 0.410 e. The summed E-state index contributed by atoms with van der Waals surface area (Å²) in [4.78, 5) is 27.1. The summed E-state index contributed by atoms with van der Waals surface area (Å²) < 4.78 is 30.8. The van der Waals surface area contributed by atoms with E-state index in [1.54, 1.807) is 25.7 Å². The molecule has 7 nitrogen and oxygen atoms in total. The molecule has 30 heavy (non-hydrogen) atoms. The molecule has 0 N–H and O–H groups in total. The first-order valence-electron chi connectivity index (χ1n) is 10.4. The second kappa shape index (κ2) is 9.64. The fraction of sp³-hybridized carbons (Fsp3) is 0.636. The summed E-state index contributed by atoms with van der Waals surface area (Å²) in [6.07, 6.45) is -2.20. The first-order chi connectivity index (χ1) is 14.2. The Morgan fingerprint density at radius 3 is 2.40 bits per heavy atom. The van der Waals surface area contributed by atoms with E-state index >= 15 is 0 Å². The molecule has 0 aromatic heterocycles. The fourth-order valence-corrected chi connectivity index (χ4v) is 3.46. The third-order valence-electron chi connectivity index (χ3n) is 5.10. The lowest BCUT2D eigenvalue weighted by Gasteiger charge is -2.40. The molecule has 1 aromatic carbocycles. The minimum atomic E-state index is -1.25. The molecule has 2 aliphatic heterocycles. The van der Waals surface area contributed by atoms with Crippen molar-refractivity contribution in [1.29, 1.82) is 0 Å². The number of benzene rings is 1. The van der Waals surface area contributed by atoms with Gasteiger partial charge in [0, 0.05) is 25.6 Å². The average Bonchev–Trinajstić information content (AvgIpc) is 2.65. The molecular weight excluding hydrogens is 391 g/mol.